The summed E-state index contributed by atoms with van der Waals surface area (Å²) in [5.41, 5.74) is 2.80. The fourth-order valence-corrected chi connectivity index (χ4v) is 4.68. The number of hydrogen-bond acceptors (Lipinski definition) is 7. The van der Waals surface area contributed by atoms with Crippen molar-refractivity contribution < 1.29 is 22.9 Å². The van der Waals surface area contributed by atoms with Crippen molar-refractivity contribution in [3.63, 3.8) is 0 Å². The molecule has 0 bridgehead atoms. The molecule has 0 fully saturated rings. The molecule has 0 saturated carbocycles. The number of hydrogen-bond donors (Lipinski definition) is 2. The molecule has 1 atom stereocenters. The van der Waals surface area contributed by atoms with E-state index in [1.807, 2.05) is 0 Å². The van der Waals surface area contributed by atoms with Gasteiger partial charge in [-0.25, -0.2) is 17.9 Å². The minimum absolute atomic E-state index is 0.0590. The fraction of sp³-hybridized carbons (Fsp3) is 0.409. The number of carbonyl (C=O) groups is 1. The number of allylic oxidation sites excluding steroid dienone is 4. The summed E-state index contributed by atoms with van der Waals surface area (Å²) in [4.78, 5) is 23.5. The number of benzene rings is 1. The highest BCUT2D eigenvalue weighted by Gasteiger charge is 2.32. The molecule has 1 aliphatic rings. The molecule has 0 radical (unpaired) electrons. The third kappa shape index (κ3) is 6.51. The van der Waals surface area contributed by atoms with Gasteiger partial charge in [0.2, 0.25) is 10.0 Å². The molecule has 1 aliphatic heterocycles. The van der Waals surface area contributed by atoms with E-state index in [0.29, 0.717) is 28.1 Å². The number of non-ortho nitro benzene ring substituents is 1. The molecule has 9 nitrogen and oxygen atoms in total. The fourth-order valence-electron chi connectivity index (χ4n) is 3.62. The summed E-state index contributed by atoms with van der Waals surface area (Å²) in [7, 11) is -3.69. The van der Waals surface area contributed by atoms with E-state index >= 15 is 0 Å². The van der Waals surface area contributed by atoms with Crippen molar-refractivity contribution in [2.24, 2.45) is 5.92 Å². The molecule has 0 aromatic heterocycles. The highest BCUT2D eigenvalue weighted by Crippen LogP contribution is 2.34. The molecule has 1 unspecified atom stereocenters. The molecule has 1 aromatic carbocycles. The van der Waals surface area contributed by atoms with E-state index in [9.17, 15) is 23.3 Å². The third-order valence-corrected chi connectivity index (χ3v) is 6.11. The zero-order valence-electron chi connectivity index (χ0n) is 18.8. The standard InChI is InChI=1S/C22H29N3O6S/c1-6-31-22(26)21-16(5)23-15(4)19(10-11-32(29,30)24-14(2)3)20(21)13-17-8-7-9-18(12-17)25(27)28/h7-12,14,20,23-24H,6,13H2,1-5H3. The Morgan fingerprint density at radius 3 is 2.59 bits per heavy atom. The third-order valence-electron chi connectivity index (χ3n) is 4.82. The molecule has 1 aromatic rings. The predicted molar refractivity (Wildman–Crippen MR) is 122 cm³/mol. The van der Waals surface area contributed by atoms with E-state index in [2.05, 4.69) is 10.0 Å². The number of dihydropyridines is 1. The van der Waals surface area contributed by atoms with Crippen LogP contribution in [0.1, 0.15) is 40.2 Å². The van der Waals surface area contributed by atoms with E-state index in [-0.39, 0.29) is 24.8 Å². The van der Waals surface area contributed by atoms with E-state index < -0.39 is 26.8 Å². The van der Waals surface area contributed by atoms with Gasteiger partial charge in [-0.05, 0) is 58.3 Å². The lowest BCUT2D eigenvalue weighted by molar-refractivity contribution is -0.384. The Labute approximate surface area is 188 Å². The van der Waals surface area contributed by atoms with Crippen LogP contribution >= 0.6 is 0 Å². The molecule has 10 heteroatoms. The van der Waals surface area contributed by atoms with Gasteiger partial charge < -0.3 is 10.1 Å². The van der Waals surface area contributed by atoms with Crippen LogP contribution in [0, 0.1) is 16.0 Å². The first kappa shape index (κ1) is 25.3. The molecule has 0 aliphatic carbocycles. The van der Waals surface area contributed by atoms with E-state index in [1.165, 1.54) is 18.2 Å². The molecule has 174 valence electrons. The number of ether oxygens (including phenoxy) is 1. The first-order chi connectivity index (χ1) is 14.9. The van der Waals surface area contributed by atoms with Crippen LogP contribution < -0.4 is 10.0 Å². The number of nitrogens with zero attached hydrogens (tertiary/aromatic N) is 1. The smallest absolute Gasteiger partial charge is 0.336 e. The van der Waals surface area contributed by atoms with Crippen molar-refractivity contribution in [3.8, 4) is 0 Å². The van der Waals surface area contributed by atoms with Crippen LogP contribution in [0.5, 0.6) is 0 Å². The second-order valence-electron chi connectivity index (χ2n) is 7.77. The van der Waals surface area contributed by atoms with Gasteiger partial charge in [-0.15, -0.1) is 0 Å². The number of esters is 1. The van der Waals surface area contributed by atoms with Gasteiger partial charge in [-0.1, -0.05) is 12.1 Å². The van der Waals surface area contributed by atoms with E-state index in [0.717, 1.165) is 5.41 Å². The Balaban J connectivity index is 2.54. The number of nitro groups is 1. The lowest BCUT2D eigenvalue weighted by atomic mass is 9.81. The van der Waals surface area contributed by atoms with E-state index in [1.54, 1.807) is 46.8 Å². The van der Waals surface area contributed by atoms with Gasteiger partial charge in [0.25, 0.3) is 5.69 Å². The predicted octanol–water partition coefficient (Wildman–Crippen LogP) is 3.31. The average Bonchev–Trinajstić information content (AvgIpc) is 2.66. The molecule has 0 amide bonds. The van der Waals surface area contributed by atoms with Crippen LogP contribution in [0.4, 0.5) is 5.69 Å². The first-order valence-electron chi connectivity index (χ1n) is 10.2. The van der Waals surface area contributed by atoms with Gasteiger partial charge in [0.15, 0.2) is 0 Å². The summed E-state index contributed by atoms with van der Waals surface area (Å²) >= 11 is 0. The maximum atomic E-state index is 12.8. The Morgan fingerprint density at radius 2 is 2.00 bits per heavy atom. The quantitative estimate of drug-likeness (QED) is 0.327. The van der Waals surface area contributed by atoms with Crippen molar-refractivity contribution in [2.45, 2.75) is 47.1 Å². The van der Waals surface area contributed by atoms with Crippen molar-refractivity contribution >= 4 is 21.7 Å². The van der Waals surface area contributed by atoms with Crippen molar-refractivity contribution in [1.29, 1.82) is 0 Å². The monoisotopic (exact) mass is 463 g/mol. The second kappa shape index (κ2) is 10.6. The van der Waals surface area contributed by atoms with Crippen LogP contribution in [0.2, 0.25) is 0 Å². The molecule has 2 N–H and O–H groups in total. The van der Waals surface area contributed by atoms with Crippen LogP contribution in [0.15, 0.2) is 58.3 Å². The number of nitro benzene ring substituents is 1. The summed E-state index contributed by atoms with van der Waals surface area (Å²) in [5.74, 6) is -1.07. The van der Waals surface area contributed by atoms with Gasteiger partial charge in [0, 0.05) is 40.9 Å². The summed E-state index contributed by atoms with van der Waals surface area (Å²) in [6.07, 6.45) is 1.71. The molecule has 0 spiro atoms. The Hall–Kier alpha value is -2.98. The molecule has 0 saturated heterocycles. The molecule has 1 heterocycles. The Kier molecular flexibility index (Phi) is 8.34. The van der Waals surface area contributed by atoms with E-state index in [4.69, 9.17) is 4.74 Å². The number of carbonyl (C=O) groups excluding carboxylic acids is 1. The normalized spacial score (nSPS) is 17.1. The highest BCUT2D eigenvalue weighted by atomic mass is 32.2. The van der Waals surface area contributed by atoms with Crippen molar-refractivity contribution in [3.05, 3.63) is 74.0 Å². The maximum absolute atomic E-state index is 12.8. The summed E-state index contributed by atoms with van der Waals surface area (Å²) in [6, 6.07) is 5.89. The molecular formula is C22H29N3O6S. The topological polar surface area (TPSA) is 128 Å². The first-order valence-corrected chi connectivity index (χ1v) is 11.8. The van der Waals surface area contributed by atoms with Gasteiger partial charge in [0.1, 0.15) is 0 Å². The van der Waals surface area contributed by atoms with Crippen LogP contribution in [-0.2, 0) is 26.0 Å². The largest absolute Gasteiger partial charge is 0.463 e. The number of nitrogens with one attached hydrogen (secondary N) is 2. The summed E-state index contributed by atoms with van der Waals surface area (Å²) < 4.78 is 32.4. The molecule has 32 heavy (non-hydrogen) atoms. The Morgan fingerprint density at radius 1 is 1.31 bits per heavy atom. The maximum Gasteiger partial charge on any atom is 0.336 e. The molecular weight excluding hydrogens is 434 g/mol. The van der Waals surface area contributed by atoms with Crippen molar-refractivity contribution in [1.82, 2.24) is 10.0 Å². The molecule has 2 rings (SSSR count). The second-order valence-corrected chi connectivity index (χ2v) is 9.37. The minimum Gasteiger partial charge on any atom is -0.463 e. The van der Waals surface area contributed by atoms with Crippen LogP contribution in [-0.4, -0.2) is 32.0 Å². The zero-order chi connectivity index (χ0) is 24.1. The SMILES string of the molecule is CCOC(=O)C1=C(C)NC(C)=C(C=CS(=O)(=O)NC(C)C)C1Cc1cccc([N+](=O)[O-])c1. The number of sulfonamides is 1. The van der Waals surface area contributed by atoms with Gasteiger partial charge >= 0.3 is 5.97 Å². The minimum atomic E-state index is -3.69. The van der Waals surface area contributed by atoms with Crippen LogP contribution in [0.25, 0.3) is 0 Å². The van der Waals surface area contributed by atoms with Crippen LogP contribution in [0.3, 0.4) is 0 Å². The highest BCUT2D eigenvalue weighted by molar-refractivity contribution is 7.92. The average molecular weight is 464 g/mol. The van der Waals surface area contributed by atoms with Gasteiger partial charge in [-0.3, -0.25) is 10.1 Å². The van der Waals surface area contributed by atoms with Gasteiger partial charge in [-0.2, -0.15) is 0 Å². The lowest BCUT2D eigenvalue weighted by Crippen LogP contribution is -2.31. The Bertz CT molecular complexity index is 1090. The summed E-state index contributed by atoms with van der Waals surface area (Å²) in [6.45, 7) is 8.84. The van der Waals surface area contributed by atoms with Gasteiger partial charge in [0.05, 0.1) is 17.1 Å². The summed E-state index contributed by atoms with van der Waals surface area (Å²) in [5, 5.41) is 15.4. The van der Waals surface area contributed by atoms with Crippen molar-refractivity contribution in [2.75, 3.05) is 6.61 Å². The number of rotatable bonds is 9. The lowest BCUT2D eigenvalue weighted by Gasteiger charge is -2.30. The zero-order valence-corrected chi connectivity index (χ0v) is 19.7.